The van der Waals surface area contributed by atoms with Crippen molar-refractivity contribution >= 4 is 33.2 Å². The summed E-state index contributed by atoms with van der Waals surface area (Å²) in [5, 5.41) is 0. The van der Waals surface area contributed by atoms with Gasteiger partial charge in [-0.25, -0.2) is 4.98 Å². The second-order valence-corrected chi connectivity index (χ2v) is 6.13. The number of carbonyl (C=O) groups excluding carboxylic acids is 1. The molecule has 1 unspecified atom stereocenters. The van der Waals surface area contributed by atoms with E-state index in [2.05, 4.69) is 20.9 Å². The van der Waals surface area contributed by atoms with Crippen LogP contribution in [-0.2, 0) is 11.3 Å². The van der Waals surface area contributed by atoms with Gasteiger partial charge in [-0.1, -0.05) is 29.8 Å². The number of carbonyl (C=O) groups is 1. The molecule has 0 spiro atoms. The fourth-order valence-electron chi connectivity index (χ4n) is 1.27. The molecule has 0 saturated heterocycles. The van der Waals surface area contributed by atoms with Crippen molar-refractivity contribution in [3.8, 4) is 0 Å². The Kier molecular flexibility index (Phi) is 4.92. The minimum atomic E-state index is -0.106. The first kappa shape index (κ1) is 13.6. The maximum atomic E-state index is 12.0. The molecular weight excluding hydrogens is 288 g/mol. The van der Waals surface area contributed by atoms with Gasteiger partial charge >= 0.3 is 0 Å². The maximum absolute atomic E-state index is 12.0. The van der Waals surface area contributed by atoms with Gasteiger partial charge in [0.1, 0.15) is 0 Å². The van der Waals surface area contributed by atoms with Crippen LogP contribution in [0, 0.1) is 12.8 Å². The molecule has 1 aromatic heterocycles. The van der Waals surface area contributed by atoms with Gasteiger partial charge in [-0.2, -0.15) is 0 Å². The van der Waals surface area contributed by atoms with Crippen molar-refractivity contribution in [1.29, 1.82) is 0 Å². The lowest BCUT2D eigenvalue weighted by atomic mass is 10.1. The molecule has 0 aliphatic heterocycles. The van der Waals surface area contributed by atoms with Crippen molar-refractivity contribution in [3.05, 3.63) is 16.1 Å². The molecule has 0 bridgehead atoms. The summed E-state index contributed by atoms with van der Waals surface area (Å²) in [6.45, 7) is 6.68. The lowest BCUT2D eigenvalue weighted by molar-refractivity contribution is -0.130. The molecule has 0 fully saturated rings. The van der Waals surface area contributed by atoms with Crippen molar-refractivity contribution in [2.24, 2.45) is 5.92 Å². The van der Waals surface area contributed by atoms with Gasteiger partial charge in [0, 0.05) is 11.9 Å². The molecule has 0 aliphatic carbocycles. The number of amides is 1. The number of thiazole rings is 1. The van der Waals surface area contributed by atoms with Crippen molar-refractivity contribution in [1.82, 2.24) is 9.88 Å². The number of hydrogen-bond donors (Lipinski definition) is 0. The van der Waals surface area contributed by atoms with Crippen LogP contribution in [0.4, 0.5) is 0 Å². The number of aromatic nitrogens is 1. The summed E-state index contributed by atoms with van der Waals surface area (Å²) in [5.74, 6) is 0.431. The maximum Gasteiger partial charge on any atom is 0.236 e. The lowest BCUT2D eigenvalue weighted by Gasteiger charge is -2.22. The number of aryl methyl sites for hydroxylation is 1. The molecule has 0 aliphatic rings. The SMILES string of the molecule is Cc1ncsc1CN(C)C(=O)C(Br)C(C)C. The van der Waals surface area contributed by atoms with Gasteiger partial charge in [-0.05, 0) is 12.8 Å². The molecule has 0 N–H and O–H groups in total. The molecule has 1 atom stereocenters. The first-order valence-electron chi connectivity index (χ1n) is 5.21. The highest BCUT2D eigenvalue weighted by Gasteiger charge is 2.22. The molecule has 0 aromatic carbocycles. The summed E-state index contributed by atoms with van der Waals surface area (Å²) >= 11 is 5.02. The Balaban J connectivity index is 2.62. The number of rotatable bonds is 4. The Morgan fingerprint density at radius 3 is 2.69 bits per heavy atom. The van der Waals surface area contributed by atoms with E-state index in [1.54, 1.807) is 16.2 Å². The van der Waals surface area contributed by atoms with Gasteiger partial charge in [0.05, 0.1) is 22.6 Å². The average Bonchev–Trinajstić information content (AvgIpc) is 2.62. The van der Waals surface area contributed by atoms with Crippen molar-refractivity contribution in [2.45, 2.75) is 32.1 Å². The summed E-state index contributed by atoms with van der Waals surface area (Å²) in [5.41, 5.74) is 2.83. The van der Waals surface area contributed by atoms with Crippen LogP contribution >= 0.6 is 27.3 Å². The largest absolute Gasteiger partial charge is 0.340 e. The van der Waals surface area contributed by atoms with Crippen LogP contribution in [-0.4, -0.2) is 27.7 Å². The molecule has 16 heavy (non-hydrogen) atoms. The Bertz CT molecular complexity index is 365. The summed E-state index contributed by atoms with van der Waals surface area (Å²) in [4.78, 5) is 19.0. The van der Waals surface area contributed by atoms with Crippen molar-refractivity contribution in [3.63, 3.8) is 0 Å². The highest BCUT2D eigenvalue weighted by atomic mass is 79.9. The molecule has 90 valence electrons. The Hall–Kier alpha value is -0.420. The fraction of sp³-hybridized carbons (Fsp3) is 0.636. The van der Waals surface area contributed by atoms with E-state index in [0.29, 0.717) is 12.5 Å². The smallest absolute Gasteiger partial charge is 0.236 e. The van der Waals surface area contributed by atoms with E-state index in [9.17, 15) is 4.79 Å². The van der Waals surface area contributed by atoms with Crippen LogP contribution in [0.3, 0.4) is 0 Å². The van der Waals surface area contributed by atoms with Gasteiger partial charge in [0.15, 0.2) is 0 Å². The van der Waals surface area contributed by atoms with E-state index in [-0.39, 0.29) is 10.7 Å². The summed E-state index contributed by atoms with van der Waals surface area (Å²) in [6.07, 6.45) is 0. The molecule has 1 amide bonds. The predicted octanol–water partition coefficient (Wildman–Crippen LogP) is 2.83. The number of halogens is 1. The van der Waals surface area contributed by atoms with Crippen LogP contribution in [0.5, 0.6) is 0 Å². The Morgan fingerprint density at radius 2 is 2.25 bits per heavy atom. The molecule has 0 radical (unpaired) electrons. The number of alkyl halides is 1. The first-order valence-corrected chi connectivity index (χ1v) is 7.01. The highest BCUT2D eigenvalue weighted by Crippen LogP contribution is 2.18. The van der Waals surface area contributed by atoms with Gasteiger partial charge < -0.3 is 4.90 Å². The average molecular weight is 305 g/mol. The van der Waals surface area contributed by atoms with Crippen molar-refractivity contribution < 1.29 is 4.79 Å². The Morgan fingerprint density at radius 1 is 1.62 bits per heavy atom. The fourth-order valence-corrected chi connectivity index (χ4v) is 2.45. The van der Waals surface area contributed by atoms with Gasteiger partial charge in [-0.3, -0.25) is 4.79 Å². The van der Waals surface area contributed by atoms with Crippen LogP contribution in [0.1, 0.15) is 24.4 Å². The zero-order valence-electron chi connectivity index (χ0n) is 10.0. The molecule has 1 heterocycles. The molecule has 3 nitrogen and oxygen atoms in total. The van der Waals surface area contributed by atoms with Gasteiger partial charge in [0.25, 0.3) is 0 Å². The summed E-state index contributed by atoms with van der Waals surface area (Å²) in [7, 11) is 1.83. The van der Waals surface area contributed by atoms with E-state index in [1.807, 2.05) is 33.3 Å². The molecule has 1 rings (SSSR count). The molecule has 5 heteroatoms. The van der Waals surface area contributed by atoms with E-state index in [0.717, 1.165) is 10.6 Å². The van der Waals surface area contributed by atoms with Crippen LogP contribution in [0.25, 0.3) is 0 Å². The van der Waals surface area contributed by atoms with Crippen LogP contribution < -0.4 is 0 Å². The van der Waals surface area contributed by atoms with E-state index < -0.39 is 0 Å². The second kappa shape index (κ2) is 5.77. The highest BCUT2D eigenvalue weighted by molar-refractivity contribution is 9.10. The third-order valence-corrected chi connectivity index (χ3v) is 4.79. The second-order valence-electron chi connectivity index (χ2n) is 4.20. The summed E-state index contributed by atoms with van der Waals surface area (Å²) in [6, 6.07) is 0. The van der Waals surface area contributed by atoms with Crippen LogP contribution in [0.2, 0.25) is 0 Å². The first-order chi connectivity index (χ1) is 7.43. The van der Waals surface area contributed by atoms with Gasteiger partial charge in [0.2, 0.25) is 5.91 Å². The van der Waals surface area contributed by atoms with Crippen molar-refractivity contribution in [2.75, 3.05) is 7.05 Å². The normalized spacial score (nSPS) is 12.9. The zero-order chi connectivity index (χ0) is 12.3. The number of hydrogen-bond acceptors (Lipinski definition) is 3. The third-order valence-electron chi connectivity index (χ3n) is 2.42. The number of nitrogens with zero attached hydrogens (tertiary/aromatic N) is 2. The zero-order valence-corrected chi connectivity index (χ0v) is 12.4. The quantitative estimate of drug-likeness (QED) is 0.802. The molecule has 0 saturated carbocycles. The van der Waals surface area contributed by atoms with E-state index >= 15 is 0 Å². The van der Waals surface area contributed by atoms with E-state index in [1.165, 1.54) is 0 Å². The predicted molar refractivity (Wildman–Crippen MR) is 70.9 cm³/mol. The summed E-state index contributed by atoms with van der Waals surface area (Å²) < 4.78 is 0. The minimum Gasteiger partial charge on any atom is -0.340 e. The monoisotopic (exact) mass is 304 g/mol. The topological polar surface area (TPSA) is 33.2 Å². The third kappa shape index (κ3) is 3.28. The lowest BCUT2D eigenvalue weighted by Crippen LogP contribution is -2.35. The van der Waals surface area contributed by atoms with Crippen LogP contribution in [0.15, 0.2) is 5.51 Å². The van der Waals surface area contributed by atoms with Gasteiger partial charge in [-0.15, -0.1) is 11.3 Å². The van der Waals surface area contributed by atoms with E-state index in [4.69, 9.17) is 0 Å². The Labute approximate surface area is 109 Å². The standard InChI is InChI=1S/C11H17BrN2OS/c1-7(2)10(12)11(15)14(4)5-9-8(3)13-6-16-9/h6-7,10H,5H2,1-4H3. The minimum absolute atomic E-state index is 0.106. The molecule has 1 aromatic rings. The molecular formula is C11H17BrN2OS.